The zero-order valence-corrected chi connectivity index (χ0v) is 23.6. The van der Waals surface area contributed by atoms with Crippen molar-refractivity contribution in [3.8, 4) is 11.8 Å². The van der Waals surface area contributed by atoms with Gasteiger partial charge in [0.25, 0.3) is 11.5 Å². The fraction of sp³-hybridized carbons (Fsp3) is 0.194. The zero-order chi connectivity index (χ0) is 28.7. The van der Waals surface area contributed by atoms with Gasteiger partial charge in [0.05, 0.1) is 29.7 Å². The highest BCUT2D eigenvalue weighted by atomic mass is 79.9. The molecule has 10 heteroatoms. The Bertz CT molecular complexity index is 1890. The van der Waals surface area contributed by atoms with E-state index in [2.05, 4.69) is 34.2 Å². The molecule has 0 saturated heterocycles. The highest BCUT2D eigenvalue weighted by Gasteiger charge is 2.29. The number of carbonyl (C=O) groups is 2. The molecular formula is C31H25BrN6O3. The number of hydrogen-bond acceptors (Lipinski definition) is 5. The number of nitrogens with two attached hydrogens (primary N) is 1. The highest BCUT2D eigenvalue weighted by molar-refractivity contribution is 9.10. The second kappa shape index (κ2) is 10.7. The number of carbonyl (C=O) groups excluding carboxylic acids is 2. The number of fused-ring (bicyclic) bond motifs is 3. The van der Waals surface area contributed by atoms with Crippen molar-refractivity contribution >= 4 is 33.4 Å². The first-order chi connectivity index (χ1) is 19.9. The lowest BCUT2D eigenvalue weighted by molar-refractivity contribution is 0.0729. The van der Waals surface area contributed by atoms with Gasteiger partial charge in [0.1, 0.15) is 11.7 Å². The van der Waals surface area contributed by atoms with E-state index in [0.717, 1.165) is 18.4 Å². The Hall–Kier alpha value is -4.75. The smallest absolute Gasteiger partial charge is 0.261 e. The normalized spacial score (nSPS) is 14.4. The molecule has 1 aliphatic heterocycles. The van der Waals surface area contributed by atoms with Crippen LogP contribution in [0.1, 0.15) is 55.9 Å². The summed E-state index contributed by atoms with van der Waals surface area (Å²) in [5.74, 6) is -0.759. The average molecular weight is 609 g/mol. The number of allylic oxidation sites excluding steroid dienone is 4. The molecule has 1 aliphatic carbocycles. The van der Waals surface area contributed by atoms with E-state index in [1.54, 1.807) is 62.6 Å². The minimum atomic E-state index is -0.542. The van der Waals surface area contributed by atoms with Crippen molar-refractivity contribution in [2.45, 2.75) is 32.2 Å². The van der Waals surface area contributed by atoms with Gasteiger partial charge in [-0.2, -0.15) is 10.4 Å². The molecule has 0 bridgehead atoms. The largest absolute Gasteiger partial charge is 0.366 e. The van der Waals surface area contributed by atoms with Crippen molar-refractivity contribution in [2.24, 2.45) is 5.73 Å². The Labute approximate surface area is 243 Å². The Morgan fingerprint density at radius 2 is 1.88 bits per heavy atom. The molecule has 0 atom stereocenters. The maximum absolute atomic E-state index is 14.1. The third kappa shape index (κ3) is 4.78. The van der Waals surface area contributed by atoms with Gasteiger partial charge in [0.2, 0.25) is 5.91 Å². The Morgan fingerprint density at radius 1 is 1.10 bits per heavy atom. The van der Waals surface area contributed by atoms with E-state index in [4.69, 9.17) is 10.8 Å². The summed E-state index contributed by atoms with van der Waals surface area (Å²) >= 11 is 3.34. The van der Waals surface area contributed by atoms with Gasteiger partial charge in [-0.05, 0) is 84.1 Å². The number of hydrogen-bond donors (Lipinski definition) is 1. The van der Waals surface area contributed by atoms with Crippen LogP contribution in [0.15, 0.2) is 81.7 Å². The van der Waals surface area contributed by atoms with Crippen molar-refractivity contribution in [3.05, 3.63) is 121 Å². The molecule has 9 nitrogen and oxygen atoms in total. The van der Waals surface area contributed by atoms with Crippen molar-refractivity contribution in [3.63, 3.8) is 0 Å². The van der Waals surface area contributed by atoms with Gasteiger partial charge in [0.15, 0.2) is 0 Å². The summed E-state index contributed by atoms with van der Waals surface area (Å²) in [6.07, 6.45) is 10.9. The highest BCUT2D eigenvalue weighted by Crippen LogP contribution is 2.27. The van der Waals surface area contributed by atoms with Crippen molar-refractivity contribution in [1.82, 2.24) is 19.1 Å². The molecular weight excluding hydrogens is 584 g/mol. The molecule has 2 aliphatic rings. The predicted octanol–water partition coefficient (Wildman–Crippen LogP) is 4.24. The fourth-order valence-corrected chi connectivity index (χ4v) is 5.83. The molecule has 204 valence electrons. The summed E-state index contributed by atoms with van der Waals surface area (Å²) < 4.78 is 4.05. The second-order valence-electron chi connectivity index (χ2n) is 10.1. The minimum absolute atomic E-state index is 0.180. The van der Waals surface area contributed by atoms with E-state index >= 15 is 0 Å². The standard InChI is InChI=1S/C31H25BrN6O3/c32-26-11-8-21(15-22(26)16-33)30(40)36-13-12-25-27(18-36)38-29(23(17-35-38)14-19-4-2-1-3-5-19)37(31(25)41)24-9-6-20(7-10-24)28(34)39/h1-2,4,6-11,15,17H,3,5,12-14,18H2,(H2,34,39). The number of rotatable bonds is 5. The lowest BCUT2D eigenvalue weighted by Crippen LogP contribution is -2.41. The van der Waals surface area contributed by atoms with Crippen LogP contribution in [0.3, 0.4) is 0 Å². The van der Waals surface area contributed by atoms with Crippen LogP contribution in [-0.2, 0) is 19.4 Å². The Kier molecular flexibility index (Phi) is 6.89. The van der Waals surface area contributed by atoms with E-state index in [0.29, 0.717) is 63.1 Å². The van der Waals surface area contributed by atoms with Gasteiger partial charge in [0, 0.05) is 33.3 Å². The first kappa shape index (κ1) is 26.5. The van der Waals surface area contributed by atoms with Crippen LogP contribution in [0.2, 0.25) is 0 Å². The third-order valence-corrected chi connectivity index (χ3v) is 8.31. The lowest BCUT2D eigenvalue weighted by Gasteiger charge is -2.30. The average Bonchev–Trinajstić information content (AvgIpc) is 3.40. The maximum atomic E-state index is 14.1. The number of nitriles is 1. The number of benzene rings is 2. The monoisotopic (exact) mass is 608 g/mol. The number of primary amides is 1. The molecule has 2 aromatic heterocycles. The van der Waals surface area contributed by atoms with Crippen molar-refractivity contribution in [2.75, 3.05) is 6.54 Å². The first-order valence-corrected chi connectivity index (χ1v) is 14.0. The fourth-order valence-electron chi connectivity index (χ4n) is 5.50. The van der Waals surface area contributed by atoms with Crippen LogP contribution < -0.4 is 11.3 Å². The third-order valence-electron chi connectivity index (χ3n) is 7.61. The summed E-state index contributed by atoms with van der Waals surface area (Å²) in [6.45, 7) is 0.546. The molecule has 0 unspecified atom stereocenters. The van der Waals surface area contributed by atoms with Crippen molar-refractivity contribution < 1.29 is 9.59 Å². The van der Waals surface area contributed by atoms with E-state index in [1.165, 1.54) is 5.57 Å². The molecule has 6 rings (SSSR count). The molecule has 0 radical (unpaired) electrons. The second-order valence-corrected chi connectivity index (χ2v) is 11.0. The summed E-state index contributed by atoms with van der Waals surface area (Å²) in [5.41, 5.74) is 11.0. The number of aromatic nitrogens is 3. The van der Waals surface area contributed by atoms with Gasteiger partial charge >= 0.3 is 0 Å². The molecule has 2 N–H and O–H groups in total. The number of halogens is 1. The summed E-state index contributed by atoms with van der Waals surface area (Å²) in [5, 5.41) is 14.1. The SMILES string of the molecule is N#Cc1cc(C(=O)N2CCc3c(n4ncc(CC5=CC=CCC5)c4n(-c4ccc(C(N)=O)cc4)c3=O)C2)ccc1Br. The molecule has 3 heterocycles. The lowest BCUT2D eigenvalue weighted by atomic mass is 9.99. The predicted molar refractivity (Wildman–Crippen MR) is 157 cm³/mol. The van der Waals surface area contributed by atoms with E-state index in [-0.39, 0.29) is 18.0 Å². The summed E-state index contributed by atoms with van der Waals surface area (Å²) in [6, 6.07) is 13.7. The maximum Gasteiger partial charge on any atom is 0.261 e. The quantitative estimate of drug-likeness (QED) is 0.363. The van der Waals surface area contributed by atoms with E-state index in [1.807, 2.05) is 6.08 Å². The molecule has 0 spiro atoms. The van der Waals surface area contributed by atoms with Gasteiger partial charge in [-0.25, -0.2) is 4.52 Å². The van der Waals surface area contributed by atoms with Crippen LogP contribution in [0.4, 0.5) is 0 Å². The van der Waals surface area contributed by atoms with E-state index < -0.39 is 5.91 Å². The first-order valence-electron chi connectivity index (χ1n) is 13.2. The van der Waals surface area contributed by atoms with Gasteiger partial charge in [-0.1, -0.05) is 23.8 Å². The summed E-state index contributed by atoms with van der Waals surface area (Å²) in [7, 11) is 0. The molecule has 0 fully saturated rings. The van der Waals surface area contributed by atoms with Crippen molar-refractivity contribution in [1.29, 1.82) is 5.26 Å². The van der Waals surface area contributed by atoms with E-state index in [9.17, 15) is 19.6 Å². The number of amides is 2. The summed E-state index contributed by atoms with van der Waals surface area (Å²) in [4.78, 5) is 41.0. The van der Waals surface area contributed by atoms with Crippen LogP contribution in [-0.4, -0.2) is 37.4 Å². The zero-order valence-electron chi connectivity index (χ0n) is 22.0. The Balaban J connectivity index is 1.47. The topological polar surface area (TPSA) is 126 Å². The molecule has 2 aromatic carbocycles. The van der Waals surface area contributed by atoms with Gasteiger partial charge in [-0.15, -0.1) is 0 Å². The van der Waals surface area contributed by atoms with Crippen LogP contribution in [0.5, 0.6) is 0 Å². The molecule has 41 heavy (non-hydrogen) atoms. The van der Waals surface area contributed by atoms with Crippen LogP contribution in [0, 0.1) is 11.3 Å². The minimum Gasteiger partial charge on any atom is -0.366 e. The van der Waals surface area contributed by atoms with Gasteiger partial charge < -0.3 is 10.6 Å². The van der Waals surface area contributed by atoms with Gasteiger partial charge in [-0.3, -0.25) is 19.0 Å². The molecule has 2 amide bonds. The Morgan fingerprint density at radius 3 is 2.59 bits per heavy atom. The molecule has 0 saturated carbocycles. The number of nitrogens with zero attached hydrogens (tertiary/aromatic N) is 5. The van der Waals surface area contributed by atoms with Crippen LogP contribution in [0.25, 0.3) is 11.3 Å². The van der Waals surface area contributed by atoms with Crippen LogP contribution >= 0.6 is 15.9 Å². The molecule has 4 aromatic rings.